The molecule has 6 heterocycles. The van der Waals surface area contributed by atoms with Crippen molar-refractivity contribution < 1.29 is 142 Å². The van der Waals surface area contributed by atoms with Gasteiger partial charge in [0.1, 0.15) is 128 Å². The zero-order valence-corrected chi connectivity index (χ0v) is 43.3. The highest BCUT2D eigenvalue weighted by atomic mass is 16.8. The lowest BCUT2D eigenvalue weighted by molar-refractivity contribution is -0.368. The molecule has 0 aromatic heterocycles. The Morgan fingerprint density at radius 1 is 0.436 bits per heavy atom. The Bertz CT molecular complexity index is 1950. The van der Waals surface area contributed by atoms with Crippen LogP contribution in [0.1, 0.15) is 41.0 Å². The third kappa shape index (κ3) is 14.7. The van der Waals surface area contributed by atoms with Crippen LogP contribution < -0.4 is 21.3 Å². The van der Waals surface area contributed by atoms with E-state index in [9.17, 15) is 85.6 Å². The predicted molar refractivity (Wildman–Crippen MR) is 248 cm³/mol. The lowest BCUT2D eigenvalue weighted by Gasteiger charge is -2.51. The maximum Gasteiger partial charge on any atom is 0.217 e. The van der Waals surface area contributed by atoms with Gasteiger partial charge in [-0.3, -0.25) is 19.2 Å². The van der Waals surface area contributed by atoms with Crippen molar-refractivity contribution in [3.05, 3.63) is 0 Å². The average molecular weight is 1140 g/mol. The van der Waals surface area contributed by atoms with E-state index in [1.165, 1.54) is 14.0 Å². The van der Waals surface area contributed by atoms with Crippen LogP contribution in [0.2, 0.25) is 0 Å². The molecule has 6 fully saturated rings. The Labute approximate surface area is 445 Å². The van der Waals surface area contributed by atoms with Crippen LogP contribution in [0, 0.1) is 0 Å². The molecule has 6 aliphatic heterocycles. The Morgan fingerprint density at radius 3 is 1.22 bits per heavy atom. The molecule has 29 atom stereocenters. The fourth-order valence-electron chi connectivity index (χ4n) is 10.2. The monoisotopic (exact) mass is 1140 g/mol. The number of ether oxygens (including phenoxy) is 12. The third-order valence-corrected chi connectivity index (χ3v) is 14.1. The minimum Gasteiger partial charge on any atom is -0.394 e. The van der Waals surface area contributed by atoms with Crippen molar-refractivity contribution >= 4 is 23.6 Å². The van der Waals surface area contributed by atoms with Crippen LogP contribution in [0.15, 0.2) is 0 Å². The van der Waals surface area contributed by atoms with Gasteiger partial charge >= 0.3 is 0 Å². The van der Waals surface area contributed by atoms with E-state index >= 15 is 0 Å². The van der Waals surface area contributed by atoms with Gasteiger partial charge in [0.15, 0.2) is 37.7 Å². The second-order valence-electron chi connectivity index (χ2n) is 19.8. The summed E-state index contributed by atoms with van der Waals surface area (Å²) < 4.78 is 70.7. The summed E-state index contributed by atoms with van der Waals surface area (Å²) in [4.78, 5) is 50.3. The topological polar surface area (TPSA) is 490 Å². The molecule has 6 rings (SSSR count). The fraction of sp³-hybridized carbons (Fsp3) is 0.911. The molecule has 450 valence electrons. The number of methoxy groups -OCH3 is 1. The van der Waals surface area contributed by atoms with Gasteiger partial charge in [-0.1, -0.05) is 0 Å². The number of aliphatic hydroxyl groups excluding tert-OH is 13. The van der Waals surface area contributed by atoms with Gasteiger partial charge < -0.3 is 144 Å². The fourth-order valence-corrected chi connectivity index (χ4v) is 10.2. The molecule has 0 radical (unpaired) electrons. The smallest absolute Gasteiger partial charge is 0.217 e. The summed E-state index contributed by atoms with van der Waals surface area (Å²) >= 11 is 0. The molecule has 17 N–H and O–H groups in total. The highest BCUT2D eigenvalue weighted by Crippen LogP contribution is 2.36. The second kappa shape index (κ2) is 28.2. The van der Waals surface area contributed by atoms with Gasteiger partial charge in [-0.05, 0) is 6.92 Å². The Hall–Kier alpha value is -3.12. The number of carbonyl (C=O) groups excluding carboxylic acids is 4. The first-order chi connectivity index (χ1) is 36.9. The van der Waals surface area contributed by atoms with E-state index in [1.807, 2.05) is 0 Å². The standard InChI is InChI=1S/C45H76N4O29/c1-13-29(59)35(65)40(67-6)45(69-13)68-12-23-39(31(61)25(41(66)71-23)46-14(2)54)78-44-28(49-17(5)57)34(64)38(22(11-53)74-44)77-43-27(48-16(4)56)33(63)37(21(10-52)73-43)76-42-26(47-15(3)55)32(62)36(20(9-51)72-42)75-24-7-18(58)30(60)19(8-50)70-24/h13,18-45,50-53,58-66H,7-12H2,1-6H3,(H,46,54)(H,47,55)(H,48,56)(H,49,57)/t13?,18-,19?,20?,21?,22?,23?,24+,25+,26?,27?,28?,29-,30+,31-,32-,33-,34-,35?,36-,37-,38-,39-,40-,41?,42+,43+,44+,45-/m1/s1. The highest BCUT2D eigenvalue weighted by molar-refractivity contribution is 5.74. The van der Waals surface area contributed by atoms with Crippen LogP contribution in [0.25, 0.3) is 0 Å². The number of aliphatic hydroxyl groups is 13. The molecule has 6 saturated heterocycles. The van der Waals surface area contributed by atoms with Crippen LogP contribution in [0.3, 0.4) is 0 Å². The average Bonchev–Trinajstić information content (AvgIpc) is 3.42. The maximum absolute atomic E-state index is 12.8. The predicted octanol–water partition coefficient (Wildman–Crippen LogP) is -10.8. The molecule has 0 bridgehead atoms. The molecule has 0 aromatic carbocycles. The first-order valence-corrected chi connectivity index (χ1v) is 25.2. The van der Waals surface area contributed by atoms with Crippen LogP contribution in [-0.4, -0.2) is 308 Å². The maximum atomic E-state index is 12.8. The third-order valence-electron chi connectivity index (χ3n) is 14.1. The van der Waals surface area contributed by atoms with Crippen molar-refractivity contribution in [1.82, 2.24) is 21.3 Å². The highest BCUT2D eigenvalue weighted by Gasteiger charge is 2.57. The van der Waals surface area contributed by atoms with E-state index in [2.05, 4.69) is 21.3 Å². The van der Waals surface area contributed by atoms with Gasteiger partial charge in [0.25, 0.3) is 0 Å². The van der Waals surface area contributed by atoms with Crippen molar-refractivity contribution in [3.8, 4) is 0 Å². The van der Waals surface area contributed by atoms with Gasteiger partial charge in [-0.25, -0.2) is 0 Å². The summed E-state index contributed by atoms with van der Waals surface area (Å²) in [6.07, 6.45) is -40.8. The van der Waals surface area contributed by atoms with Crippen molar-refractivity contribution in [1.29, 1.82) is 0 Å². The van der Waals surface area contributed by atoms with Gasteiger partial charge in [0.05, 0.1) is 45.2 Å². The Balaban J connectivity index is 1.23. The number of hydrogen-bond donors (Lipinski definition) is 17. The van der Waals surface area contributed by atoms with Crippen molar-refractivity contribution in [2.24, 2.45) is 0 Å². The summed E-state index contributed by atoms with van der Waals surface area (Å²) in [5.41, 5.74) is 0. The zero-order chi connectivity index (χ0) is 57.6. The summed E-state index contributed by atoms with van der Waals surface area (Å²) in [5.74, 6) is -3.08. The summed E-state index contributed by atoms with van der Waals surface area (Å²) in [6, 6.07) is -6.61. The molecule has 78 heavy (non-hydrogen) atoms. The SMILES string of the molecule is CO[C@@H]1C(O)[C@H](O)C(C)O[C@H]1OCC1OC(O)[C@@H](NC(C)=O)[C@@H](O)[C@@H]1O[C@@H]1OC(CO)[C@@H](O[C@@H]2OC(CO)[C@@H](O[C@@H]3OC(CO)[C@@H](O[C@H]4C[C@@H](O)[C@H](O)C(CO)O4)[C@H](O)C3NC(C)=O)[C@H](O)C2NC(C)=O)[C@H](O)C1NC(C)=O. The molecule has 6 aliphatic rings. The summed E-state index contributed by atoms with van der Waals surface area (Å²) in [6.45, 7) is 1.47. The van der Waals surface area contributed by atoms with Gasteiger partial charge in [-0.2, -0.15) is 0 Å². The molecule has 0 saturated carbocycles. The van der Waals surface area contributed by atoms with Crippen LogP contribution in [0.5, 0.6) is 0 Å². The second-order valence-corrected chi connectivity index (χ2v) is 19.8. The summed E-state index contributed by atoms with van der Waals surface area (Å²) in [7, 11) is 1.21. The number of carbonyl (C=O) groups is 4. The molecular formula is C45H76N4O29. The van der Waals surface area contributed by atoms with Crippen LogP contribution >= 0.6 is 0 Å². The van der Waals surface area contributed by atoms with Crippen LogP contribution in [0.4, 0.5) is 0 Å². The molecule has 33 nitrogen and oxygen atoms in total. The molecule has 33 heteroatoms. The minimum absolute atomic E-state index is 0.357. The number of nitrogens with one attached hydrogen (secondary N) is 4. The first kappa shape index (κ1) is 64.1. The largest absolute Gasteiger partial charge is 0.394 e. The number of rotatable bonds is 20. The van der Waals surface area contributed by atoms with E-state index in [-0.39, 0.29) is 6.42 Å². The van der Waals surface area contributed by atoms with E-state index in [0.29, 0.717) is 0 Å². The molecule has 11 unspecified atom stereocenters. The molecule has 0 spiro atoms. The van der Waals surface area contributed by atoms with Gasteiger partial charge in [0, 0.05) is 41.2 Å². The number of hydrogen-bond acceptors (Lipinski definition) is 29. The lowest BCUT2D eigenvalue weighted by Crippen LogP contribution is -2.72. The van der Waals surface area contributed by atoms with E-state index in [1.54, 1.807) is 0 Å². The van der Waals surface area contributed by atoms with Crippen LogP contribution in [-0.2, 0) is 76.0 Å². The molecular weight excluding hydrogens is 1060 g/mol. The first-order valence-electron chi connectivity index (χ1n) is 25.2. The van der Waals surface area contributed by atoms with E-state index < -0.39 is 235 Å². The lowest BCUT2D eigenvalue weighted by atomic mass is 9.93. The van der Waals surface area contributed by atoms with E-state index in [0.717, 1.165) is 27.7 Å². The summed E-state index contributed by atoms with van der Waals surface area (Å²) in [5, 5.41) is 151. The van der Waals surface area contributed by atoms with E-state index in [4.69, 9.17) is 56.8 Å². The van der Waals surface area contributed by atoms with Crippen molar-refractivity contribution in [2.45, 2.75) is 219 Å². The Morgan fingerprint density at radius 2 is 0.821 bits per heavy atom. The van der Waals surface area contributed by atoms with Gasteiger partial charge in [0.2, 0.25) is 23.6 Å². The van der Waals surface area contributed by atoms with Gasteiger partial charge in [-0.15, -0.1) is 0 Å². The zero-order valence-electron chi connectivity index (χ0n) is 43.3. The Kier molecular flexibility index (Phi) is 23.2. The molecule has 0 aliphatic carbocycles. The normalized spacial score (nSPS) is 46.2. The quantitative estimate of drug-likeness (QED) is 0.0538. The number of amides is 4. The molecule has 0 aromatic rings. The minimum atomic E-state index is -2.01. The van der Waals surface area contributed by atoms with Crippen molar-refractivity contribution in [3.63, 3.8) is 0 Å². The van der Waals surface area contributed by atoms with Crippen molar-refractivity contribution in [2.75, 3.05) is 40.1 Å². The molecule has 4 amide bonds.